The normalized spacial score (nSPS) is 25.0. The van der Waals surface area contributed by atoms with E-state index in [0.29, 0.717) is 0 Å². The number of rotatable bonds is 11. The molecule has 0 saturated carbocycles. The van der Waals surface area contributed by atoms with Gasteiger partial charge in [-0.1, -0.05) is 25.7 Å². The Morgan fingerprint density at radius 1 is 0.750 bits per heavy atom. The first kappa shape index (κ1) is 18.9. The van der Waals surface area contributed by atoms with E-state index in [1.165, 1.54) is 38.5 Å². The predicted molar refractivity (Wildman–Crippen MR) is 96.1 cm³/mol. The largest absolute Gasteiger partial charge is 0.374 e. The van der Waals surface area contributed by atoms with Crippen LogP contribution >= 0.6 is 0 Å². The van der Waals surface area contributed by atoms with Gasteiger partial charge in [-0.25, -0.2) is 0 Å². The number of nitrogens with zero attached hydrogens (tertiary/aromatic N) is 2. The van der Waals surface area contributed by atoms with Crippen LogP contribution in [0, 0.1) is 0 Å². The molecule has 4 N–H and O–H groups in total. The SMILES string of the molecule is CC(O)N1C=CNC1CCCCCCCCC1NC=CN1C(C)O. The maximum Gasteiger partial charge on any atom is 0.125 e. The minimum Gasteiger partial charge on any atom is -0.374 e. The molecule has 4 atom stereocenters. The fourth-order valence-corrected chi connectivity index (χ4v) is 3.48. The van der Waals surface area contributed by atoms with Gasteiger partial charge in [-0.05, 0) is 39.5 Å². The molecule has 6 nitrogen and oxygen atoms in total. The van der Waals surface area contributed by atoms with Gasteiger partial charge in [0, 0.05) is 24.8 Å². The molecular formula is C18H34N4O2. The average Bonchev–Trinajstić information content (AvgIpc) is 3.18. The summed E-state index contributed by atoms with van der Waals surface area (Å²) in [6, 6.07) is 0. The van der Waals surface area contributed by atoms with Crippen LogP contribution in [0.2, 0.25) is 0 Å². The number of aliphatic hydroxyl groups excluding tert-OH is 2. The standard InChI is InChI=1S/C18H34N4O2/c1-15(23)21-13-11-19-17(21)9-7-5-3-4-6-8-10-18-20-12-14-22(18)16(2)24/h11-20,23-24H,3-10H2,1-2H3. The van der Waals surface area contributed by atoms with E-state index in [1.807, 2.05) is 34.6 Å². The molecule has 4 unspecified atom stereocenters. The van der Waals surface area contributed by atoms with E-state index in [-0.39, 0.29) is 12.3 Å². The summed E-state index contributed by atoms with van der Waals surface area (Å²) in [5.41, 5.74) is 0. The molecule has 0 aromatic carbocycles. The smallest absolute Gasteiger partial charge is 0.125 e. The molecule has 6 heteroatoms. The molecule has 2 aliphatic rings. The monoisotopic (exact) mass is 338 g/mol. The van der Waals surface area contributed by atoms with E-state index in [0.717, 1.165) is 12.8 Å². The first-order chi connectivity index (χ1) is 11.6. The zero-order valence-corrected chi connectivity index (χ0v) is 15.1. The van der Waals surface area contributed by atoms with Gasteiger partial charge < -0.3 is 30.6 Å². The third kappa shape index (κ3) is 5.60. The molecule has 0 aromatic heterocycles. The lowest BCUT2D eigenvalue weighted by Crippen LogP contribution is -2.40. The molecule has 0 aromatic rings. The van der Waals surface area contributed by atoms with Crippen molar-refractivity contribution in [3.8, 4) is 0 Å². The van der Waals surface area contributed by atoms with Crippen LogP contribution in [0.1, 0.15) is 65.2 Å². The van der Waals surface area contributed by atoms with Crippen molar-refractivity contribution in [1.29, 1.82) is 0 Å². The maximum absolute atomic E-state index is 9.67. The summed E-state index contributed by atoms with van der Waals surface area (Å²) in [4.78, 5) is 3.94. The summed E-state index contributed by atoms with van der Waals surface area (Å²) in [6.07, 6.45) is 16.9. The highest BCUT2D eigenvalue weighted by molar-refractivity contribution is 4.95. The Hall–Kier alpha value is -1.40. The highest BCUT2D eigenvalue weighted by atomic mass is 16.3. The van der Waals surface area contributed by atoms with Crippen molar-refractivity contribution in [3.05, 3.63) is 24.8 Å². The van der Waals surface area contributed by atoms with Gasteiger partial charge in [-0.3, -0.25) is 0 Å². The van der Waals surface area contributed by atoms with Crippen LogP contribution < -0.4 is 10.6 Å². The second-order valence-corrected chi connectivity index (χ2v) is 6.85. The van der Waals surface area contributed by atoms with Crippen molar-refractivity contribution in [2.75, 3.05) is 0 Å². The highest BCUT2D eigenvalue weighted by Gasteiger charge is 2.22. The Bertz CT molecular complexity index is 374. The lowest BCUT2D eigenvalue weighted by Gasteiger charge is -2.28. The van der Waals surface area contributed by atoms with Crippen LogP contribution in [-0.4, -0.2) is 44.8 Å². The average molecular weight is 338 g/mol. The van der Waals surface area contributed by atoms with Gasteiger partial charge in [0.2, 0.25) is 0 Å². The van der Waals surface area contributed by atoms with E-state index in [1.54, 1.807) is 13.8 Å². The summed E-state index contributed by atoms with van der Waals surface area (Å²) < 4.78 is 0. The molecule has 0 spiro atoms. The van der Waals surface area contributed by atoms with Gasteiger partial charge >= 0.3 is 0 Å². The first-order valence-electron chi connectivity index (χ1n) is 9.36. The molecule has 0 bridgehead atoms. The Morgan fingerprint density at radius 2 is 1.12 bits per heavy atom. The number of unbranched alkanes of at least 4 members (excludes halogenated alkanes) is 5. The molecule has 0 fully saturated rings. The molecule has 24 heavy (non-hydrogen) atoms. The van der Waals surface area contributed by atoms with E-state index < -0.39 is 12.5 Å². The van der Waals surface area contributed by atoms with Crippen molar-refractivity contribution in [2.24, 2.45) is 0 Å². The quantitative estimate of drug-likeness (QED) is 0.433. The molecular weight excluding hydrogens is 304 g/mol. The van der Waals surface area contributed by atoms with Crippen LogP contribution in [0.15, 0.2) is 24.8 Å². The van der Waals surface area contributed by atoms with Crippen molar-refractivity contribution in [2.45, 2.75) is 90.0 Å². The van der Waals surface area contributed by atoms with E-state index in [4.69, 9.17) is 0 Å². The summed E-state index contributed by atoms with van der Waals surface area (Å²) in [7, 11) is 0. The fraction of sp³-hybridized carbons (Fsp3) is 0.778. The van der Waals surface area contributed by atoms with E-state index in [2.05, 4.69) is 10.6 Å². The first-order valence-corrected chi connectivity index (χ1v) is 9.36. The van der Waals surface area contributed by atoms with Gasteiger partial charge in [-0.15, -0.1) is 0 Å². The summed E-state index contributed by atoms with van der Waals surface area (Å²) >= 11 is 0. The maximum atomic E-state index is 9.67. The van der Waals surface area contributed by atoms with Gasteiger partial charge in [0.25, 0.3) is 0 Å². The summed E-state index contributed by atoms with van der Waals surface area (Å²) in [5.74, 6) is 0. The highest BCUT2D eigenvalue weighted by Crippen LogP contribution is 2.18. The molecule has 2 aliphatic heterocycles. The van der Waals surface area contributed by atoms with Crippen LogP contribution in [0.3, 0.4) is 0 Å². The minimum absolute atomic E-state index is 0.248. The topological polar surface area (TPSA) is 71.0 Å². The van der Waals surface area contributed by atoms with Gasteiger partial charge in [-0.2, -0.15) is 0 Å². The molecule has 2 heterocycles. The van der Waals surface area contributed by atoms with Gasteiger partial charge in [0.15, 0.2) is 0 Å². The molecule has 0 radical (unpaired) electrons. The van der Waals surface area contributed by atoms with Crippen molar-refractivity contribution >= 4 is 0 Å². The minimum atomic E-state index is -0.429. The van der Waals surface area contributed by atoms with E-state index >= 15 is 0 Å². The Morgan fingerprint density at radius 3 is 1.50 bits per heavy atom. The summed E-state index contributed by atoms with van der Waals surface area (Å²) in [6.45, 7) is 3.61. The third-order valence-electron chi connectivity index (χ3n) is 4.86. The second-order valence-electron chi connectivity index (χ2n) is 6.85. The fourth-order valence-electron chi connectivity index (χ4n) is 3.48. The van der Waals surface area contributed by atoms with Crippen LogP contribution in [0.5, 0.6) is 0 Å². The number of hydrogen-bond acceptors (Lipinski definition) is 6. The third-order valence-corrected chi connectivity index (χ3v) is 4.86. The lowest BCUT2D eigenvalue weighted by molar-refractivity contribution is 0.0248. The Balaban J connectivity index is 1.45. The Kier molecular flexibility index (Phi) is 7.72. The Labute approximate surface area is 146 Å². The van der Waals surface area contributed by atoms with Crippen molar-refractivity contribution in [1.82, 2.24) is 20.4 Å². The molecule has 0 saturated heterocycles. The number of aliphatic hydroxyl groups is 2. The molecule has 138 valence electrons. The van der Waals surface area contributed by atoms with Gasteiger partial charge in [0.1, 0.15) is 24.8 Å². The van der Waals surface area contributed by atoms with Crippen LogP contribution in [0.25, 0.3) is 0 Å². The van der Waals surface area contributed by atoms with Crippen LogP contribution in [-0.2, 0) is 0 Å². The molecule has 0 amide bonds. The lowest BCUT2D eigenvalue weighted by atomic mass is 10.1. The second kappa shape index (κ2) is 9.79. The zero-order valence-electron chi connectivity index (χ0n) is 15.1. The predicted octanol–water partition coefficient (Wildman–Crippen LogP) is 2.19. The zero-order chi connectivity index (χ0) is 17.4. The van der Waals surface area contributed by atoms with Crippen molar-refractivity contribution < 1.29 is 10.2 Å². The number of nitrogens with one attached hydrogen (secondary N) is 2. The van der Waals surface area contributed by atoms with Crippen molar-refractivity contribution in [3.63, 3.8) is 0 Å². The molecule has 2 rings (SSSR count). The summed E-state index contributed by atoms with van der Waals surface area (Å²) in [5, 5.41) is 25.9. The van der Waals surface area contributed by atoms with E-state index in [9.17, 15) is 10.2 Å². The van der Waals surface area contributed by atoms with Gasteiger partial charge in [0.05, 0.1) is 0 Å². The molecule has 0 aliphatic carbocycles. The van der Waals surface area contributed by atoms with Crippen LogP contribution in [0.4, 0.5) is 0 Å². The number of hydrogen-bond donors (Lipinski definition) is 4.